The summed E-state index contributed by atoms with van der Waals surface area (Å²) in [6.45, 7) is 3.77. The number of rotatable bonds is 4. The van der Waals surface area contributed by atoms with Crippen molar-refractivity contribution in [2.24, 2.45) is 0 Å². The number of benzene rings is 2. The molecular weight excluding hydrogens is 369 g/mol. The van der Waals surface area contributed by atoms with Crippen LogP contribution in [0.3, 0.4) is 0 Å². The number of oxazole rings is 1. The van der Waals surface area contributed by atoms with Gasteiger partial charge in [0, 0.05) is 11.3 Å². The normalized spacial score (nSPS) is 15.3. The van der Waals surface area contributed by atoms with E-state index >= 15 is 0 Å². The Bertz CT molecular complexity index is 1000. The van der Waals surface area contributed by atoms with Gasteiger partial charge in [0.25, 0.3) is 0 Å². The van der Waals surface area contributed by atoms with Crippen LogP contribution in [0.4, 0.5) is 14.9 Å². The van der Waals surface area contributed by atoms with Gasteiger partial charge in [-0.15, -0.1) is 0 Å². The number of carbonyl (C=O) groups is 1. The molecule has 1 aromatic heterocycles. The number of nitrogens with one attached hydrogen (secondary N) is 2. The molecule has 0 atom stereocenters. The second-order valence-electron chi connectivity index (χ2n) is 7.62. The van der Waals surface area contributed by atoms with E-state index in [1.807, 2.05) is 38.1 Å². The summed E-state index contributed by atoms with van der Waals surface area (Å²) in [6, 6.07) is 13.5. The molecule has 29 heavy (non-hydrogen) atoms. The highest BCUT2D eigenvalue weighted by Gasteiger charge is 2.37. The van der Waals surface area contributed by atoms with E-state index in [4.69, 9.17) is 4.42 Å². The zero-order chi connectivity index (χ0) is 20.4. The number of hydrogen-bond donors (Lipinski definition) is 2. The third kappa shape index (κ3) is 4.01. The van der Waals surface area contributed by atoms with Crippen molar-refractivity contribution in [2.75, 3.05) is 5.32 Å². The number of urea groups is 1. The predicted molar refractivity (Wildman–Crippen MR) is 110 cm³/mol. The molecule has 0 aliphatic heterocycles. The zero-order valence-corrected chi connectivity index (χ0v) is 16.6. The number of aromatic nitrogens is 1. The van der Waals surface area contributed by atoms with E-state index in [2.05, 4.69) is 15.6 Å². The molecule has 150 valence electrons. The SMILES string of the molecule is Cc1nc(-c2cccc(NC(=O)NC3(c4ccc(F)cc4)CCCC3)c2)oc1C. The minimum atomic E-state index is -0.466. The molecule has 1 saturated carbocycles. The summed E-state index contributed by atoms with van der Waals surface area (Å²) in [7, 11) is 0. The molecule has 0 unspecified atom stereocenters. The molecule has 2 aromatic carbocycles. The maximum atomic E-state index is 13.3. The topological polar surface area (TPSA) is 67.2 Å². The molecule has 0 saturated heterocycles. The highest BCUT2D eigenvalue weighted by atomic mass is 19.1. The minimum Gasteiger partial charge on any atom is -0.441 e. The zero-order valence-electron chi connectivity index (χ0n) is 16.6. The molecule has 1 aliphatic carbocycles. The molecule has 2 N–H and O–H groups in total. The smallest absolute Gasteiger partial charge is 0.319 e. The first-order valence-electron chi connectivity index (χ1n) is 9.85. The highest BCUT2D eigenvalue weighted by molar-refractivity contribution is 5.90. The van der Waals surface area contributed by atoms with Gasteiger partial charge >= 0.3 is 6.03 Å². The van der Waals surface area contributed by atoms with Crippen molar-refractivity contribution < 1.29 is 13.6 Å². The van der Waals surface area contributed by atoms with Crippen molar-refractivity contribution in [1.29, 1.82) is 0 Å². The highest BCUT2D eigenvalue weighted by Crippen LogP contribution is 2.39. The van der Waals surface area contributed by atoms with Crippen LogP contribution in [0.2, 0.25) is 0 Å². The van der Waals surface area contributed by atoms with Gasteiger partial charge in [-0.05, 0) is 62.6 Å². The standard InChI is InChI=1S/C23H24FN3O2/c1-15-16(2)29-21(25-15)17-6-5-7-20(14-17)26-22(28)27-23(12-3-4-13-23)18-8-10-19(24)11-9-18/h5-11,14H,3-4,12-13H2,1-2H3,(H2,26,27,28). The van der Waals surface area contributed by atoms with Crippen LogP contribution < -0.4 is 10.6 Å². The van der Waals surface area contributed by atoms with E-state index < -0.39 is 5.54 Å². The molecule has 1 aliphatic rings. The second kappa shape index (κ2) is 7.70. The third-order valence-electron chi connectivity index (χ3n) is 5.60. The van der Waals surface area contributed by atoms with E-state index in [0.717, 1.165) is 48.3 Å². The van der Waals surface area contributed by atoms with Crippen LogP contribution in [-0.4, -0.2) is 11.0 Å². The van der Waals surface area contributed by atoms with Crippen LogP contribution in [0, 0.1) is 19.7 Å². The van der Waals surface area contributed by atoms with Gasteiger partial charge in [0.05, 0.1) is 11.2 Å². The average Bonchev–Trinajstić information content (AvgIpc) is 3.30. The maximum Gasteiger partial charge on any atom is 0.319 e. The van der Waals surface area contributed by atoms with Crippen LogP contribution in [-0.2, 0) is 5.54 Å². The summed E-state index contributed by atoms with van der Waals surface area (Å²) in [5.74, 6) is 1.03. The summed E-state index contributed by atoms with van der Waals surface area (Å²) in [4.78, 5) is 17.2. The lowest BCUT2D eigenvalue weighted by molar-refractivity contribution is 0.236. The average molecular weight is 393 g/mol. The molecule has 3 aromatic rings. The van der Waals surface area contributed by atoms with Crippen molar-refractivity contribution in [2.45, 2.75) is 45.1 Å². The van der Waals surface area contributed by atoms with E-state index in [0.29, 0.717) is 11.6 Å². The molecule has 6 heteroatoms. The van der Waals surface area contributed by atoms with Crippen LogP contribution in [0.1, 0.15) is 42.7 Å². The van der Waals surface area contributed by atoms with E-state index in [9.17, 15) is 9.18 Å². The van der Waals surface area contributed by atoms with Gasteiger partial charge in [-0.1, -0.05) is 31.0 Å². The van der Waals surface area contributed by atoms with Gasteiger partial charge in [-0.25, -0.2) is 14.2 Å². The first-order valence-corrected chi connectivity index (χ1v) is 9.85. The summed E-state index contributed by atoms with van der Waals surface area (Å²) in [6.07, 6.45) is 3.72. The largest absolute Gasteiger partial charge is 0.441 e. The molecule has 1 heterocycles. The number of anilines is 1. The summed E-state index contributed by atoms with van der Waals surface area (Å²) < 4.78 is 19.0. The van der Waals surface area contributed by atoms with Crippen LogP contribution in [0.25, 0.3) is 11.5 Å². The second-order valence-corrected chi connectivity index (χ2v) is 7.62. The van der Waals surface area contributed by atoms with Crippen LogP contribution >= 0.6 is 0 Å². The molecular formula is C23H24FN3O2. The number of halogens is 1. The van der Waals surface area contributed by atoms with E-state index in [1.54, 1.807) is 12.1 Å². The fourth-order valence-corrected chi connectivity index (χ4v) is 3.94. The Balaban J connectivity index is 1.51. The Labute approximate surface area is 169 Å². The number of hydrogen-bond acceptors (Lipinski definition) is 3. The van der Waals surface area contributed by atoms with Gasteiger partial charge in [-0.2, -0.15) is 0 Å². The van der Waals surface area contributed by atoms with Gasteiger partial charge in [0.15, 0.2) is 0 Å². The third-order valence-corrected chi connectivity index (χ3v) is 5.60. The van der Waals surface area contributed by atoms with Gasteiger partial charge in [0.1, 0.15) is 11.6 Å². The van der Waals surface area contributed by atoms with Crippen LogP contribution in [0.5, 0.6) is 0 Å². The fraction of sp³-hybridized carbons (Fsp3) is 0.304. The van der Waals surface area contributed by atoms with E-state index in [-0.39, 0.29) is 11.8 Å². The molecule has 5 nitrogen and oxygen atoms in total. The quantitative estimate of drug-likeness (QED) is 0.598. The van der Waals surface area contributed by atoms with Gasteiger partial charge < -0.3 is 15.1 Å². The number of aryl methyl sites for hydroxylation is 2. The summed E-state index contributed by atoms with van der Waals surface area (Å²) in [5.41, 5.74) is 2.77. The Morgan fingerprint density at radius 3 is 2.48 bits per heavy atom. The summed E-state index contributed by atoms with van der Waals surface area (Å²) in [5, 5.41) is 6.05. The molecule has 4 rings (SSSR count). The van der Waals surface area contributed by atoms with Gasteiger partial charge in [-0.3, -0.25) is 0 Å². The maximum absolute atomic E-state index is 13.3. The Kier molecular flexibility index (Phi) is 5.09. The molecule has 0 radical (unpaired) electrons. The lowest BCUT2D eigenvalue weighted by atomic mass is 9.88. The first-order chi connectivity index (χ1) is 13.9. The minimum absolute atomic E-state index is 0.278. The predicted octanol–water partition coefficient (Wildman–Crippen LogP) is 5.69. The Morgan fingerprint density at radius 1 is 1.10 bits per heavy atom. The molecule has 1 fully saturated rings. The van der Waals surface area contributed by atoms with Crippen molar-refractivity contribution >= 4 is 11.7 Å². The monoisotopic (exact) mass is 393 g/mol. The summed E-state index contributed by atoms with van der Waals surface area (Å²) >= 11 is 0. The van der Waals surface area contributed by atoms with Crippen molar-refractivity contribution in [3.63, 3.8) is 0 Å². The Hall–Kier alpha value is -3.15. The van der Waals surface area contributed by atoms with Gasteiger partial charge in [0.2, 0.25) is 5.89 Å². The number of nitrogens with zero attached hydrogens (tertiary/aromatic N) is 1. The lowest BCUT2D eigenvalue weighted by Gasteiger charge is -2.31. The molecule has 0 bridgehead atoms. The van der Waals surface area contributed by atoms with Crippen molar-refractivity contribution in [3.05, 3.63) is 71.4 Å². The van der Waals surface area contributed by atoms with Crippen LogP contribution in [0.15, 0.2) is 52.9 Å². The molecule has 0 spiro atoms. The van der Waals surface area contributed by atoms with Crippen molar-refractivity contribution in [1.82, 2.24) is 10.3 Å². The number of carbonyl (C=O) groups excluding carboxylic acids is 1. The van der Waals surface area contributed by atoms with Crippen molar-refractivity contribution in [3.8, 4) is 11.5 Å². The molecule has 2 amide bonds. The van der Waals surface area contributed by atoms with E-state index in [1.165, 1.54) is 12.1 Å². The fourth-order valence-electron chi connectivity index (χ4n) is 3.94. The lowest BCUT2D eigenvalue weighted by Crippen LogP contribution is -2.45. The Morgan fingerprint density at radius 2 is 1.83 bits per heavy atom. The number of amides is 2. The first kappa shape index (κ1) is 19.2.